The lowest BCUT2D eigenvalue weighted by Crippen LogP contribution is -2.40. The molecule has 3 atom stereocenters. The predicted molar refractivity (Wildman–Crippen MR) is 118 cm³/mol. The van der Waals surface area contributed by atoms with E-state index in [0.717, 1.165) is 44.3 Å². The molecule has 5 heteroatoms. The first-order valence-corrected chi connectivity index (χ1v) is 10.9. The normalized spacial score (nSPS) is 25.6. The average Bonchev–Trinajstić information content (AvgIpc) is 3.19. The summed E-state index contributed by atoms with van der Waals surface area (Å²) >= 11 is 0. The smallest absolute Gasteiger partial charge is 0.164 e. The Morgan fingerprint density at radius 1 is 1.03 bits per heavy atom. The lowest BCUT2D eigenvalue weighted by molar-refractivity contribution is 0.198. The van der Waals surface area contributed by atoms with E-state index in [0.29, 0.717) is 29.9 Å². The third-order valence-electron chi connectivity index (χ3n) is 6.83. The number of benzene rings is 2. The Bertz CT molecular complexity index is 883. The highest BCUT2D eigenvalue weighted by molar-refractivity contribution is 5.45. The maximum Gasteiger partial charge on any atom is 0.164 e. The molecule has 30 heavy (non-hydrogen) atoms. The van der Waals surface area contributed by atoms with E-state index in [1.165, 1.54) is 16.7 Å². The van der Waals surface area contributed by atoms with Gasteiger partial charge in [-0.15, -0.1) is 0 Å². The van der Waals surface area contributed by atoms with Gasteiger partial charge in [-0.1, -0.05) is 18.2 Å². The fourth-order valence-electron chi connectivity index (χ4n) is 4.95. The van der Waals surface area contributed by atoms with Gasteiger partial charge in [-0.05, 0) is 79.2 Å². The zero-order chi connectivity index (χ0) is 21.1. The van der Waals surface area contributed by atoms with Crippen molar-refractivity contribution in [3.05, 3.63) is 53.1 Å². The summed E-state index contributed by atoms with van der Waals surface area (Å²) in [5, 5.41) is 9.55. The second-order valence-electron chi connectivity index (χ2n) is 8.92. The molecule has 0 amide bonds. The fraction of sp³-hybridized carbons (Fsp3) is 0.520. The van der Waals surface area contributed by atoms with Crippen molar-refractivity contribution in [3.8, 4) is 17.2 Å². The van der Waals surface area contributed by atoms with Gasteiger partial charge in [-0.2, -0.15) is 0 Å². The summed E-state index contributed by atoms with van der Waals surface area (Å²) in [6, 6.07) is 12.6. The van der Waals surface area contributed by atoms with Gasteiger partial charge in [-0.25, -0.2) is 0 Å². The van der Waals surface area contributed by atoms with Crippen molar-refractivity contribution in [1.82, 2.24) is 0 Å². The average molecular weight is 412 g/mol. The van der Waals surface area contributed by atoms with Crippen LogP contribution < -0.4 is 19.9 Å². The molecule has 2 aromatic carbocycles. The summed E-state index contributed by atoms with van der Waals surface area (Å²) in [4.78, 5) is 0. The Morgan fingerprint density at radius 2 is 1.87 bits per heavy atom. The summed E-state index contributed by atoms with van der Waals surface area (Å²) in [5.41, 5.74) is 10.2. The van der Waals surface area contributed by atoms with E-state index in [-0.39, 0.29) is 6.61 Å². The molecule has 5 nitrogen and oxygen atoms in total. The van der Waals surface area contributed by atoms with E-state index in [2.05, 4.69) is 18.2 Å². The van der Waals surface area contributed by atoms with E-state index in [1.54, 1.807) is 14.2 Å². The highest BCUT2D eigenvalue weighted by Crippen LogP contribution is 2.40. The minimum Gasteiger partial charge on any atom is -0.493 e. The zero-order valence-electron chi connectivity index (χ0n) is 18.0. The van der Waals surface area contributed by atoms with Crippen molar-refractivity contribution in [2.75, 3.05) is 27.4 Å². The second-order valence-corrected chi connectivity index (χ2v) is 8.92. The molecule has 162 valence electrons. The largest absolute Gasteiger partial charge is 0.493 e. The SMILES string of the molecule is COc1ccc(OCC2CCc3cc([C@H]4CC[C@](N)(CO)C4)ccc3C2)cc1OC. The van der Waals surface area contributed by atoms with Crippen molar-refractivity contribution in [2.45, 2.75) is 50.0 Å². The van der Waals surface area contributed by atoms with Gasteiger partial charge < -0.3 is 25.1 Å². The minimum absolute atomic E-state index is 0.0796. The highest BCUT2D eigenvalue weighted by atomic mass is 16.5. The van der Waals surface area contributed by atoms with E-state index < -0.39 is 5.54 Å². The Balaban J connectivity index is 1.36. The molecule has 0 bridgehead atoms. The van der Waals surface area contributed by atoms with Crippen LogP contribution in [-0.4, -0.2) is 38.1 Å². The number of hydrogen-bond donors (Lipinski definition) is 2. The number of ether oxygens (including phenoxy) is 3. The summed E-state index contributed by atoms with van der Waals surface area (Å²) < 4.78 is 16.7. The lowest BCUT2D eigenvalue weighted by atomic mass is 9.82. The van der Waals surface area contributed by atoms with Crippen LogP contribution in [0.15, 0.2) is 36.4 Å². The Kier molecular flexibility index (Phi) is 6.21. The Morgan fingerprint density at radius 3 is 2.60 bits per heavy atom. The van der Waals surface area contributed by atoms with Gasteiger partial charge in [0.2, 0.25) is 0 Å². The van der Waals surface area contributed by atoms with Crippen LogP contribution in [0.2, 0.25) is 0 Å². The molecule has 0 spiro atoms. The van der Waals surface area contributed by atoms with Crippen molar-refractivity contribution in [2.24, 2.45) is 11.7 Å². The molecule has 0 radical (unpaired) electrons. The van der Waals surface area contributed by atoms with Crippen LogP contribution in [0.1, 0.15) is 48.3 Å². The molecule has 1 fully saturated rings. The van der Waals surface area contributed by atoms with Gasteiger partial charge in [0.15, 0.2) is 11.5 Å². The van der Waals surface area contributed by atoms with E-state index in [1.807, 2.05) is 18.2 Å². The Hall–Kier alpha value is -2.24. The van der Waals surface area contributed by atoms with Crippen molar-refractivity contribution >= 4 is 0 Å². The van der Waals surface area contributed by atoms with E-state index in [4.69, 9.17) is 19.9 Å². The molecule has 0 aliphatic heterocycles. The van der Waals surface area contributed by atoms with Crippen molar-refractivity contribution in [1.29, 1.82) is 0 Å². The number of aliphatic hydroxyl groups is 1. The second kappa shape index (κ2) is 8.86. The van der Waals surface area contributed by atoms with Crippen LogP contribution in [0.5, 0.6) is 17.2 Å². The van der Waals surface area contributed by atoms with Crippen LogP contribution in [-0.2, 0) is 12.8 Å². The standard InChI is InChI=1S/C25H33NO4/c1-28-23-8-7-22(13-24(23)29-2)30-15-17-3-4-19-12-20(6-5-18(19)11-17)21-9-10-25(26,14-21)16-27/h5-8,12-13,17,21,27H,3-4,9-11,14-16,26H2,1-2H3/t17?,21-,25+/m0/s1. The molecule has 1 unspecified atom stereocenters. The predicted octanol–water partition coefficient (Wildman–Crippen LogP) is 3.85. The van der Waals surface area contributed by atoms with Crippen molar-refractivity contribution < 1.29 is 19.3 Å². The molecule has 3 N–H and O–H groups in total. The minimum atomic E-state index is -0.396. The number of aryl methyl sites for hydroxylation is 1. The van der Waals surface area contributed by atoms with Crippen LogP contribution in [0, 0.1) is 5.92 Å². The number of hydrogen-bond acceptors (Lipinski definition) is 5. The van der Waals surface area contributed by atoms with E-state index in [9.17, 15) is 5.11 Å². The van der Waals surface area contributed by atoms with Crippen LogP contribution in [0.4, 0.5) is 0 Å². The first-order valence-electron chi connectivity index (χ1n) is 10.9. The zero-order valence-corrected chi connectivity index (χ0v) is 18.0. The maximum atomic E-state index is 9.55. The summed E-state index contributed by atoms with van der Waals surface area (Å²) in [6.45, 7) is 0.779. The van der Waals surface area contributed by atoms with Crippen molar-refractivity contribution in [3.63, 3.8) is 0 Å². The van der Waals surface area contributed by atoms with E-state index >= 15 is 0 Å². The number of rotatable bonds is 7. The first-order chi connectivity index (χ1) is 14.5. The van der Waals surface area contributed by atoms with Gasteiger partial charge in [0.05, 0.1) is 27.4 Å². The highest BCUT2D eigenvalue weighted by Gasteiger charge is 2.36. The quantitative estimate of drug-likeness (QED) is 0.724. The third kappa shape index (κ3) is 4.42. The maximum absolute atomic E-state index is 9.55. The van der Waals surface area contributed by atoms with Crippen LogP contribution in [0.25, 0.3) is 0 Å². The van der Waals surface area contributed by atoms with Gasteiger partial charge >= 0.3 is 0 Å². The number of aliphatic hydroxyl groups excluding tert-OH is 1. The lowest BCUT2D eigenvalue weighted by Gasteiger charge is -2.26. The van der Waals surface area contributed by atoms with Gasteiger partial charge in [0.25, 0.3) is 0 Å². The first kappa shape index (κ1) is 21.0. The molecule has 2 aliphatic carbocycles. The Labute approximate surface area is 179 Å². The third-order valence-corrected chi connectivity index (χ3v) is 6.83. The molecule has 4 rings (SSSR count). The molecule has 0 heterocycles. The van der Waals surface area contributed by atoms with Crippen LogP contribution in [0.3, 0.4) is 0 Å². The molecule has 2 aromatic rings. The number of methoxy groups -OCH3 is 2. The topological polar surface area (TPSA) is 73.9 Å². The summed E-state index contributed by atoms with van der Waals surface area (Å²) in [7, 11) is 3.27. The summed E-state index contributed by atoms with van der Waals surface area (Å²) in [5.74, 6) is 3.18. The molecule has 1 saturated carbocycles. The number of nitrogens with two attached hydrogens (primary N) is 1. The van der Waals surface area contributed by atoms with Gasteiger partial charge in [0.1, 0.15) is 5.75 Å². The molecular weight excluding hydrogens is 378 g/mol. The molecule has 0 saturated heterocycles. The monoisotopic (exact) mass is 411 g/mol. The van der Waals surface area contributed by atoms with Gasteiger partial charge in [-0.3, -0.25) is 0 Å². The van der Waals surface area contributed by atoms with Crippen LogP contribution >= 0.6 is 0 Å². The number of fused-ring (bicyclic) bond motifs is 1. The molecular formula is C25H33NO4. The molecule has 0 aromatic heterocycles. The summed E-state index contributed by atoms with van der Waals surface area (Å²) in [6.07, 6.45) is 6.11. The van der Waals surface area contributed by atoms with Gasteiger partial charge in [0, 0.05) is 11.6 Å². The fourth-order valence-corrected chi connectivity index (χ4v) is 4.95. The molecule has 2 aliphatic rings.